The van der Waals surface area contributed by atoms with Crippen LogP contribution in [-0.4, -0.2) is 46.2 Å². The predicted octanol–water partition coefficient (Wildman–Crippen LogP) is 0.717. The van der Waals surface area contributed by atoms with Crippen LogP contribution < -0.4 is 0 Å². The number of likely N-dealkylation sites (tertiary alicyclic amines) is 1. The minimum absolute atomic E-state index is 0.00722. The first-order valence-electron chi connectivity index (χ1n) is 5.96. The van der Waals surface area contributed by atoms with Crippen LogP contribution in [0.5, 0.6) is 0 Å². The summed E-state index contributed by atoms with van der Waals surface area (Å²) >= 11 is 0. The van der Waals surface area contributed by atoms with Crippen molar-refractivity contribution < 1.29 is 19.8 Å². The number of nitrogens with zero attached hydrogens (tertiary/aromatic N) is 1. The Morgan fingerprint density at radius 2 is 2.06 bits per heavy atom. The second-order valence-electron chi connectivity index (χ2n) is 5.34. The molecule has 1 saturated heterocycles. The smallest absolute Gasteiger partial charge is 0.310 e. The molecule has 0 bridgehead atoms. The van der Waals surface area contributed by atoms with Crippen molar-refractivity contribution in [3.63, 3.8) is 0 Å². The minimum atomic E-state index is -1.04. The maximum Gasteiger partial charge on any atom is 0.310 e. The molecule has 0 spiro atoms. The Morgan fingerprint density at radius 3 is 2.41 bits per heavy atom. The Labute approximate surface area is 101 Å². The second kappa shape index (κ2) is 5.04. The number of amides is 1. The number of hydrogen-bond acceptors (Lipinski definition) is 3. The molecule has 2 atom stereocenters. The molecule has 5 nitrogen and oxygen atoms in total. The molecule has 17 heavy (non-hydrogen) atoms. The van der Waals surface area contributed by atoms with Crippen LogP contribution >= 0.6 is 0 Å². The monoisotopic (exact) mass is 243 g/mol. The van der Waals surface area contributed by atoms with Crippen LogP contribution in [0.2, 0.25) is 0 Å². The lowest BCUT2D eigenvalue weighted by Gasteiger charge is -2.30. The Bertz CT molecular complexity index is 316. The molecule has 0 radical (unpaired) electrons. The third-order valence-corrected chi connectivity index (χ3v) is 3.80. The van der Waals surface area contributed by atoms with E-state index in [9.17, 15) is 19.8 Å². The average molecular weight is 243 g/mol. The molecule has 1 rings (SSSR count). The van der Waals surface area contributed by atoms with Crippen LogP contribution in [0.4, 0.5) is 0 Å². The zero-order chi connectivity index (χ0) is 13.2. The molecule has 1 amide bonds. The van der Waals surface area contributed by atoms with Gasteiger partial charge in [0, 0.05) is 19.5 Å². The van der Waals surface area contributed by atoms with E-state index in [1.54, 1.807) is 25.7 Å². The number of aliphatic hydroxyl groups excluding tert-OH is 1. The first-order chi connectivity index (χ1) is 7.77. The van der Waals surface area contributed by atoms with Gasteiger partial charge in [-0.2, -0.15) is 0 Å². The van der Waals surface area contributed by atoms with Gasteiger partial charge in [0.25, 0.3) is 0 Å². The fourth-order valence-electron chi connectivity index (χ4n) is 1.92. The van der Waals surface area contributed by atoms with Crippen molar-refractivity contribution in [2.45, 2.75) is 39.7 Å². The number of aliphatic hydroxyl groups is 1. The molecule has 2 N–H and O–H groups in total. The minimum Gasteiger partial charge on any atom is -0.481 e. The van der Waals surface area contributed by atoms with E-state index in [1.165, 1.54) is 0 Å². The maximum absolute atomic E-state index is 12.0. The molecule has 0 aromatic heterocycles. The number of carboxylic acids is 1. The number of carbonyl (C=O) groups is 2. The molecular formula is C12H21NO4. The number of carbonyl (C=O) groups excluding carboxylic acids is 1. The van der Waals surface area contributed by atoms with Crippen molar-refractivity contribution in [2.75, 3.05) is 13.1 Å². The molecule has 1 fully saturated rings. The summed E-state index contributed by atoms with van der Waals surface area (Å²) in [5.74, 6) is -1.24. The van der Waals surface area contributed by atoms with E-state index >= 15 is 0 Å². The topological polar surface area (TPSA) is 77.8 Å². The van der Waals surface area contributed by atoms with E-state index in [1.807, 2.05) is 0 Å². The largest absolute Gasteiger partial charge is 0.481 e. The van der Waals surface area contributed by atoms with E-state index in [4.69, 9.17) is 0 Å². The van der Waals surface area contributed by atoms with Gasteiger partial charge in [0.1, 0.15) is 0 Å². The SMILES string of the molecule is CC(C)C(C)(CC(=O)N1CC[C@H](O)C1)C(=O)O. The highest BCUT2D eigenvalue weighted by Crippen LogP contribution is 2.32. The van der Waals surface area contributed by atoms with Crippen molar-refractivity contribution >= 4 is 11.9 Å². The summed E-state index contributed by atoms with van der Waals surface area (Å²) in [4.78, 5) is 24.8. The standard InChI is InChI=1S/C12H21NO4/c1-8(2)12(3,11(16)17)6-10(15)13-5-4-9(14)7-13/h8-9,14H,4-7H2,1-3H3,(H,16,17)/t9-,12?/m0/s1. The summed E-state index contributed by atoms with van der Waals surface area (Å²) in [6.07, 6.45) is 0.110. The summed E-state index contributed by atoms with van der Waals surface area (Å²) < 4.78 is 0. The van der Waals surface area contributed by atoms with E-state index in [0.717, 1.165) is 0 Å². The number of rotatable bonds is 4. The number of hydrogen-bond donors (Lipinski definition) is 2. The molecule has 0 saturated carbocycles. The van der Waals surface area contributed by atoms with E-state index in [0.29, 0.717) is 19.5 Å². The molecule has 0 aromatic rings. The first-order valence-corrected chi connectivity index (χ1v) is 5.96. The van der Waals surface area contributed by atoms with Crippen molar-refractivity contribution in [2.24, 2.45) is 11.3 Å². The quantitative estimate of drug-likeness (QED) is 0.762. The van der Waals surface area contributed by atoms with Crippen LogP contribution in [0.25, 0.3) is 0 Å². The Kier molecular flexibility index (Phi) is 4.14. The van der Waals surface area contributed by atoms with Gasteiger partial charge in [0.05, 0.1) is 11.5 Å². The highest BCUT2D eigenvalue weighted by atomic mass is 16.4. The zero-order valence-electron chi connectivity index (χ0n) is 10.6. The highest BCUT2D eigenvalue weighted by molar-refractivity contribution is 5.85. The van der Waals surface area contributed by atoms with Crippen molar-refractivity contribution in [3.05, 3.63) is 0 Å². The number of β-amino-alcohol motifs (C(OH)–C–C–N with tert-alkyl or cyclic N) is 1. The van der Waals surface area contributed by atoms with Crippen LogP contribution in [0.15, 0.2) is 0 Å². The molecule has 0 aromatic carbocycles. The fraction of sp³-hybridized carbons (Fsp3) is 0.833. The van der Waals surface area contributed by atoms with Gasteiger partial charge in [0.2, 0.25) is 5.91 Å². The maximum atomic E-state index is 12.0. The van der Waals surface area contributed by atoms with Crippen LogP contribution in [0.3, 0.4) is 0 Å². The fourth-order valence-corrected chi connectivity index (χ4v) is 1.92. The summed E-state index contributed by atoms with van der Waals surface area (Å²) in [7, 11) is 0. The van der Waals surface area contributed by atoms with Gasteiger partial charge in [0.15, 0.2) is 0 Å². The average Bonchev–Trinajstić information content (AvgIpc) is 2.64. The molecule has 5 heteroatoms. The molecule has 1 unspecified atom stereocenters. The van der Waals surface area contributed by atoms with Crippen LogP contribution in [0, 0.1) is 11.3 Å². The van der Waals surface area contributed by atoms with E-state index in [-0.39, 0.29) is 18.2 Å². The van der Waals surface area contributed by atoms with Gasteiger partial charge in [-0.25, -0.2) is 0 Å². The van der Waals surface area contributed by atoms with Crippen molar-refractivity contribution in [1.82, 2.24) is 4.90 Å². The third-order valence-electron chi connectivity index (χ3n) is 3.80. The lowest BCUT2D eigenvalue weighted by atomic mass is 9.76. The molecule has 1 heterocycles. The van der Waals surface area contributed by atoms with Gasteiger partial charge in [-0.1, -0.05) is 13.8 Å². The Morgan fingerprint density at radius 1 is 1.47 bits per heavy atom. The van der Waals surface area contributed by atoms with Crippen LogP contribution in [-0.2, 0) is 9.59 Å². The molecule has 0 aliphatic carbocycles. The number of carboxylic acid groups (broad SMARTS) is 1. The molecule has 98 valence electrons. The van der Waals surface area contributed by atoms with E-state index in [2.05, 4.69) is 0 Å². The summed E-state index contributed by atoms with van der Waals surface area (Å²) in [6, 6.07) is 0. The van der Waals surface area contributed by atoms with Gasteiger partial charge >= 0.3 is 5.97 Å². The Hall–Kier alpha value is -1.10. The lowest BCUT2D eigenvalue weighted by Crippen LogP contribution is -2.40. The highest BCUT2D eigenvalue weighted by Gasteiger charge is 2.40. The van der Waals surface area contributed by atoms with E-state index < -0.39 is 17.5 Å². The summed E-state index contributed by atoms with van der Waals surface area (Å²) in [5.41, 5.74) is -1.04. The third kappa shape index (κ3) is 2.97. The van der Waals surface area contributed by atoms with Crippen molar-refractivity contribution in [1.29, 1.82) is 0 Å². The van der Waals surface area contributed by atoms with Crippen molar-refractivity contribution in [3.8, 4) is 0 Å². The summed E-state index contributed by atoms with van der Waals surface area (Å²) in [5, 5.41) is 18.6. The van der Waals surface area contributed by atoms with Gasteiger partial charge in [-0.15, -0.1) is 0 Å². The zero-order valence-corrected chi connectivity index (χ0v) is 10.6. The Balaban J connectivity index is 2.68. The summed E-state index contributed by atoms with van der Waals surface area (Å²) in [6.45, 7) is 6.06. The first kappa shape index (κ1) is 14.0. The van der Waals surface area contributed by atoms with Gasteiger partial charge in [-0.3, -0.25) is 9.59 Å². The second-order valence-corrected chi connectivity index (χ2v) is 5.34. The lowest BCUT2D eigenvalue weighted by molar-refractivity contribution is -0.155. The van der Waals surface area contributed by atoms with Gasteiger partial charge < -0.3 is 15.1 Å². The normalized spacial score (nSPS) is 23.8. The molecule has 1 aliphatic rings. The van der Waals surface area contributed by atoms with Crippen LogP contribution in [0.1, 0.15) is 33.6 Å². The number of aliphatic carboxylic acids is 1. The molecular weight excluding hydrogens is 222 g/mol. The molecule has 1 aliphatic heterocycles. The predicted molar refractivity (Wildman–Crippen MR) is 62.4 cm³/mol. The van der Waals surface area contributed by atoms with Gasteiger partial charge in [-0.05, 0) is 19.3 Å².